The third-order valence-corrected chi connectivity index (χ3v) is 4.26. The number of aliphatic hydroxyl groups is 1. The number of amides is 1. The van der Waals surface area contributed by atoms with E-state index >= 15 is 0 Å². The number of carbonyl (C=O) groups excluding carboxylic acids is 1. The standard InChI is InChI=1S/C16H18N2O4/c1-10-8-18(13-5-3-2-4-12(10)13)9-14(20)17-16(15(21)22)6-11(19)7-16/h2-5,8,11,19H,6-7,9H2,1H3,(H,17,20)(H,21,22). The molecule has 1 aliphatic carbocycles. The number of benzene rings is 1. The molecule has 22 heavy (non-hydrogen) atoms. The van der Waals surface area contributed by atoms with Crippen LogP contribution in [0.25, 0.3) is 10.9 Å². The van der Waals surface area contributed by atoms with Gasteiger partial charge >= 0.3 is 5.97 Å². The molecule has 0 spiro atoms. The van der Waals surface area contributed by atoms with Gasteiger partial charge in [-0.3, -0.25) is 4.79 Å². The molecule has 1 saturated carbocycles. The molecule has 3 N–H and O–H groups in total. The molecule has 6 nitrogen and oxygen atoms in total. The number of nitrogens with zero attached hydrogens (tertiary/aromatic N) is 1. The average molecular weight is 302 g/mol. The summed E-state index contributed by atoms with van der Waals surface area (Å²) in [7, 11) is 0. The van der Waals surface area contributed by atoms with E-state index in [1.165, 1.54) is 0 Å². The lowest BCUT2D eigenvalue weighted by Gasteiger charge is -2.42. The molecule has 0 saturated heterocycles. The predicted octanol–water partition coefficient (Wildman–Crippen LogP) is 1.04. The van der Waals surface area contributed by atoms with E-state index in [1.807, 2.05) is 42.0 Å². The molecule has 116 valence electrons. The van der Waals surface area contributed by atoms with E-state index < -0.39 is 17.6 Å². The normalized spacial score (nSPS) is 24.0. The molecule has 1 heterocycles. The third-order valence-electron chi connectivity index (χ3n) is 4.26. The molecule has 1 aliphatic rings. The van der Waals surface area contributed by atoms with Gasteiger partial charge in [0.2, 0.25) is 5.91 Å². The van der Waals surface area contributed by atoms with Gasteiger partial charge in [0, 0.05) is 29.9 Å². The lowest BCUT2D eigenvalue weighted by Crippen LogP contribution is -2.64. The van der Waals surface area contributed by atoms with Crippen molar-refractivity contribution in [3.05, 3.63) is 36.0 Å². The highest BCUT2D eigenvalue weighted by molar-refractivity contribution is 5.90. The maximum Gasteiger partial charge on any atom is 0.329 e. The first-order valence-electron chi connectivity index (χ1n) is 7.18. The van der Waals surface area contributed by atoms with E-state index in [-0.39, 0.29) is 25.3 Å². The Morgan fingerprint density at radius 2 is 2.05 bits per heavy atom. The molecular formula is C16H18N2O4. The zero-order chi connectivity index (χ0) is 15.9. The van der Waals surface area contributed by atoms with Gasteiger partial charge in [-0.1, -0.05) is 18.2 Å². The number of aromatic nitrogens is 1. The van der Waals surface area contributed by atoms with E-state index in [1.54, 1.807) is 0 Å². The Balaban J connectivity index is 1.78. The monoisotopic (exact) mass is 302 g/mol. The fourth-order valence-corrected chi connectivity index (χ4v) is 3.10. The Labute approximate surface area is 127 Å². The number of carboxylic acid groups (broad SMARTS) is 1. The average Bonchev–Trinajstić information content (AvgIpc) is 2.74. The van der Waals surface area contributed by atoms with Gasteiger partial charge in [-0.25, -0.2) is 4.79 Å². The SMILES string of the molecule is Cc1cn(CC(=O)NC2(C(=O)O)CC(O)C2)c2ccccc12. The minimum Gasteiger partial charge on any atom is -0.480 e. The summed E-state index contributed by atoms with van der Waals surface area (Å²) in [5.41, 5.74) is 0.678. The van der Waals surface area contributed by atoms with Crippen LogP contribution in [0.15, 0.2) is 30.5 Å². The van der Waals surface area contributed by atoms with Gasteiger partial charge in [0.05, 0.1) is 6.10 Å². The van der Waals surface area contributed by atoms with Crippen LogP contribution in [-0.2, 0) is 16.1 Å². The lowest BCUT2D eigenvalue weighted by atomic mass is 9.74. The number of carbonyl (C=O) groups is 2. The van der Waals surface area contributed by atoms with Gasteiger partial charge in [0.25, 0.3) is 0 Å². The second-order valence-electron chi connectivity index (χ2n) is 5.95. The van der Waals surface area contributed by atoms with Crippen LogP contribution in [0.2, 0.25) is 0 Å². The molecule has 1 amide bonds. The highest BCUT2D eigenvalue weighted by Crippen LogP contribution is 2.32. The maximum atomic E-state index is 12.2. The fraction of sp³-hybridized carbons (Fsp3) is 0.375. The number of aryl methyl sites for hydroxylation is 1. The third kappa shape index (κ3) is 2.35. The minimum absolute atomic E-state index is 0.0550. The topological polar surface area (TPSA) is 91.6 Å². The van der Waals surface area contributed by atoms with Crippen LogP contribution in [0.5, 0.6) is 0 Å². The van der Waals surface area contributed by atoms with Crippen LogP contribution in [0.4, 0.5) is 0 Å². The minimum atomic E-state index is -1.32. The first-order chi connectivity index (χ1) is 10.4. The van der Waals surface area contributed by atoms with Crippen molar-refractivity contribution in [2.45, 2.75) is 38.0 Å². The fourth-order valence-electron chi connectivity index (χ4n) is 3.10. The van der Waals surface area contributed by atoms with Crippen molar-refractivity contribution < 1.29 is 19.8 Å². The summed E-state index contributed by atoms with van der Waals surface area (Å²) in [4.78, 5) is 23.5. The molecule has 0 radical (unpaired) electrons. The number of nitrogens with one attached hydrogen (secondary N) is 1. The van der Waals surface area contributed by atoms with Gasteiger partial charge in [-0.2, -0.15) is 0 Å². The van der Waals surface area contributed by atoms with E-state index in [0.717, 1.165) is 16.5 Å². The number of rotatable bonds is 4. The number of para-hydroxylation sites is 1. The van der Waals surface area contributed by atoms with E-state index in [2.05, 4.69) is 5.32 Å². The number of hydrogen-bond donors (Lipinski definition) is 3. The Morgan fingerprint density at radius 3 is 2.68 bits per heavy atom. The van der Waals surface area contributed by atoms with E-state index in [0.29, 0.717) is 0 Å². The molecule has 1 fully saturated rings. The van der Waals surface area contributed by atoms with Crippen molar-refractivity contribution in [2.75, 3.05) is 0 Å². The van der Waals surface area contributed by atoms with Crippen molar-refractivity contribution in [1.82, 2.24) is 9.88 Å². The molecule has 1 aromatic carbocycles. The van der Waals surface area contributed by atoms with Gasteiger partial charge in [-0.05, 0) is 18.6 Å². The van der Waals surface area contributed by atoms with Crippen molar-refractivity contribution in [2.24, 2.45) is 0 Å². The van der Waals surface area contributed by atoms with Gasteiger partial charge in [-0.15, -0.1) is 0 Å². The first kappa shape index (κ1) is 14.6. The smallest absolute Gasteiger partial charge is 0.329 e. The molecule has 3 rings (SSSR count). The molecular weight excluding hydrogens is 284 g/mol. The molecule has 0 atom stereocenters. The Kier molecular flexibility index (Phi) is 3.41. The molecule has 0 unspecified atom stereocenters. The van der Waals surface area contributed by atoms with E-state index in [4.69, 9.17) is 0 Å². The zero-order valence-electron chi connectivity index (χ0n) is 12.2. The lowest BCUT2D eigenvalue weighted by molar-refractivity contribution is -0.157. The summed E-state index contributed by atoms with van der Waals surface area (Å²) in [5.74, 6) is -1.46. The Morgan fingerprint density at radius 1 is 1.36 bits per heavy atom. The first-order valence-corrected chi connectivity index (χ1v) is 7.18. The summed E-state index contributed by atoms with van der Waals surface area (Å²) in [6, 6.07) is 7.75. The van der Waals surface area contributed by atoms with Gasteiger partial charge in [0.15, 0.2) is 0 Å². The second kappa shape index (κ2) is 5.14. The predicted molar refractivity (Wildman–Crippen MR) is 80.4 cm³/mol. The quantitative estimate of drug-likeness (QED) is 0.787. The maximum absolute atomic E-state index is 12.2. The van der Waals surface area contributed by atoms with Crippen molar-refractivity contribution in [3.8, 4) is 0 Å². The van der Waals surface area contributed by atoms with Gasteiger partial charge in [0.1, 0.15) is 12.1 Å². The van der Waals surface area contributed by atoms with E-state index in [9.17, 15) is 19.8 Å². The Bertz CT molecular complexity index is 744. The number of carboxylic acids is 1. The molecule has 0 aliphatic heterocycles. The highest BCUT2D eigenvalue weighted by Gasteiger charge is 2.51. The zero-order valence-corrected chi connectivity index (χ0v) is 12.2. The van der Waals surface area contributed by atoms with Crippen LogP contribution < -0.4 is 5.32 Å². The number of fused-ring (bicyclic) bond motifs is 1. The van der Waals surface area contributed by atoms with Crippen LogP contribution in [-0.4, -0.2) is 38.3 Å². The Hall–Kier alpha value is -2.34. The highest BCUT2D eigenvalue weighted by atomic mass is 16.4. The number of aliphatic hydroxyl groups excluding tert-OH is 1. The van der Waals surface area contributed by atoms with Crippen molar-refractivity contribution in [1.29, 1.82) is 0 Å². The number of aliphatic carboxylic acids is 1. The molecule has 1 aromatic heterocycles. The van der Waals surface area contributed by atoms with Crippen LogP contribution in [0.3, 0.4) is 0 Å². The van der Waals surface area contributed by atoms with Crippen molar-refractivity contribution >= 4 is 22.8 Å². The van der Waals surface area contributed by atoms with Crippen molar-refractivity contribution in [3.63, 3.8) is 0 Å². The second-order valence-corrected chi connectivity index (χ2v) is 5.95. The van der Waals surface area contributed by atoms with Crippen LogP contribution >= 0.6 is 0 Å². The van der Waals surface area contributed by atoms with Crippen LogP contribution in [0.1, 0.15) is 18.4 Å². The summed E-state index contributed by atoms with van der Waals surface area (Å²) in [6.07, 6.45) is 1.33. The summed E-state index contributed by atoms with van der Waals surface area (Å²) in [5, 5.41) is 22.3. The summed E-state index contributed by atoms with van der Waals surface area (Å²) in [6.45, 7) is 2.03. The summed E-state index contributed by atoms with van der Waals surface area (Å²) < 4.78 is 1.81. The van der Waals surface area contributed by atoms with Gasteiger partial charge < -0.3 is 20.1 Å². The molecule has 2 aromatic rings. The largest absolute Gasteiger partial charge is 0.480 e. The molecule has 6 heteroatoms. The number of hydrogen-bond acceptors (Lipinski definition) is 3. The van der Waals surface area contributed by atoms with Crippen LogP contribution in [0, 0.1) is 6.92 Å². The molecule has 0 bridgehead atoms. The summed E-state index contributed by atoms with van der Waals surface area (Å²) >= 11 is 0.